The number of hydrogen-bond donors (Lipinski definition) is 1. The number of aryl methyl sites for hydroxylation is 1. The largest absolute Gasteiger partial charge is 0.324 e. The second-order valence-corrected chi connectivity index (χ2v) is 6.92. The molecule has 1 aliphatic heterocycles. The zero-order chi connectivity index (χ0) is 16.9. The van der Waals surface area contributed by atoms with Crippen LogP contribution >= 0.6 is 11.6 Å². The van der Waals surface area contributed by atoms with Crippen molar-refractivity contribution in [1.29, 1.82) is 0 Å². The van der Waals surface area contributed by atoms with E-state index >= 15 is 0 Å². The first-order valence-corrected chi connectivity index (χ1v) is 8.88. The third-order valence-corrected chi connectivity index (χ3v) is 4.85. The van der Waals surface area contributed by atoms with Gasteiger partial charge in [-0.1, -0.05) is 47.9 Å². The molecule has 0 bridgehead atoms. The molecular weight excluding hydrogens is 320 g/mol. The average Bonchev–Trinajstić information content (AvgIpc) is 2.84. The van der Waals surface area contributed by atoms with E-state index in [0.29, 0.717) is 5.92 Å². The highest BCUT2D eigenvalue weighted by Gasteiger charge is 2.23. The number of urea groups is 1. The van der Waals surface area contributed by atoms with Crippen LogP contribution in [0, 0.1) is 6.92 Å². The molecule has 1 unspecified atom stereocenters. The fourth-order valence-electron chi connectivity index (χ4n) is 3.17. The minimum atomic E-state index is -0.0142. The number of carbonyl (C=O) groups is 1. The quantitative estimate of drug-likeness (QED) is 0.773. The van der Waals surface area contributed by atoms with Gasteiger partial charge in [0.1, 0.15) is 0 Å². The van der Waals surface area contributed by atoms with E-state index in [2.05, 4.69) is 17.4 Å². The molecule has 0 aliphatic carbocycles. The number of halogens is 1. The van der Waals surface area contributed by atoms with Crippen molar-refractivity contribution in [2.75, 3.05) is 18.4 Å². The second-order valence-electron chi connectivity index (χ2n) is 6.49. The molecule has 2 amide bonds. The van der Waals surface area contributed by atoms with Crippen LogP contribution in [-0.2, 0) is 0 Å². The summed E-state index contributed by atoms with van der Waals surface area (Å²) in [6.45, 7) is 3.60. The van der Waals surface area contributed by atoms with Crippen LogP contribution in [0.2, 0.25) is 5.02 Å². The Labute approximate surface area is 148 Å². The van der Waals surface area contributed by atoms with Gasteiger partial charge in [0.15, 0.2) is 0 Å². The van der Waals surface area contributed by atoms with Crippen molar-refractivity contribution in [2.24, 2.45) is 0 Å². The summed E-state index contributed by atoms with van der Waals surface area (Å²) in [4.78, 5) is 14.6. The lowest BCUT2D eigenvalue weighted by molar-refractivity contribution is 0.211. The van der Waals surface area contributed by atoms with Gasteiger partial charge in [0.2, 0.25) is 0 Å². The van der Waals surface area contributed by atoms with Crippen LogP contribution in [0.5, 0.6) is 0 Å². The topological polar surface area (TPSA) is 32.3 Å². The van der Waals surface area contributed by atoms with E-state index in [1.54, 1.807) is 0 Å². The Morgan fingerprint density at radius 3 is 2.50 bits per heavy atom. The molecule has 2 aromatic rings. The number of rotatable bonds is 2. The standard InChI is InChI=1S/C20H23ClN2O/c1-15-5-11-19(12-6-15)22-20(24)23-13-3-2-4-17(14-23)16-7-9-18(21)10-8-16/h5-12,17H,2-4,13-14H2,1H3,(H,22,24). The predicted molar refractivity (Wildman–Crippen MR) is 99.8 cm³/mol. The first-order valence-electron chi connectivity index (χ1n) is 8.50. The first-order chi connectivity index (χ1) is 11.6. The summed E-state index contributed by atoms with van der Waals surface area (Å²) in [5.74, 6) is 0.369. The number of hydrogen-bond acceptors (Lipinski definition) is 1. The number of carbonyl (C=O) groups excluding carboxylic acids is 1. The summed E-state index contributed by atoms with van der Waals surface area (Å²) >= 11 is 5.99. The highest BCUT2D eigenvalue weighted by Crippen LogP contribution is 2.27. The van der Waals surface area contributed by atoms with Crippen molar-refractivity contribution >= 4 is 23.3 Å². The summed E-state index contributed by atoms with van der Waals surface area (Å²) in [6, 6.07) is 15.9. The van der Waals surface area contributed by atoms with Crippen molar-refractivity contribution in [3.05, 3.63) is 64.7 Å². The molecule has 1 N–H and O–H groups in total. The molecule has 1 atom stereocenters. The number of likely N-dealkylation sites (tertiary alicyclic amines) is 1. The van der Waals surface area contributed by atoms with Gasteiger partial charge in [-0.25, -0.2) is 4.79 Å². The van der Waals surface area contributed by atoms with Gasteiger partial charge in [-0.15, -0.1) is 0 Å². The molecule has 126 valence electrons. The summed E-state index contributed by atoms with van der Waals surface area (Å²) in [5.41, 5.74) is 3.29. The van der Waals surface area contributed by atoms with E-state index in [0.717, 1.165) is 43.1 Å². The fraction of sp³-hybridized carbons (Fsp3) is 0.350. The summed E-state index contributed by atoms with van der Waals surface area (Å²) < 4.78 is 0. The predicted octanol–water partition coefficient (Wildman–Crippen LogP) is 5.45. The van der Waals surface area contributed by atoms with Gasteiger partial charge in [0, 0.05) is 29.7 Å². The van der Waals surface area contributed by atoms with Crippen molar-refractivity contribution < 1.29 is 4.79 Å². The Kier molecular flexibility index (Phi) is 5.41. The lowest BCUT2D eigenvalue weighted by Gasteiger charge is -2.25. The Morgan fingerprint density at radius 2 is 1.79 bits per heavy atom. The number of anilines is 1. The van der Waals surface area contributed by atoms with E-state index < -0.39 is 0 Å². The highest BCUT2D eigenvalue weighted by molar-refractivity contribution is 6.30. The molecule has 1 saturated heterocycles. The van der Waals surface area contributed by atoms with Crippen LogP contribution in [-0.4, -0.2) is 24.0 Å². The normalized spacial score (nSPS) is 18.1. The molecular formula is C20H23ClN2O. The van der Waals surface area contributed by atoms with Gasteiger partial charge in [0.25, 0.3) is 0 Å². The van der Waals surface area contributed by atoms with Gasteiger partial charge < -0.3 is 10.2 Å². The van der Waals surface area contributed by atoms with Crippen LogP contribution < -0.4 is 5.32 Å². The Balaban J connectivity index is 1.68. The van der Waals surface area contributed by atoms with E-state index in [4.69, 9.17) is 11.6 Å². The SMILES string of the molecule is Cc1ccc(NC(=O)N2CCCCC(c3ccc(Cl)cc3)C2)cc1. The molecule has 3 nitrogen and oxygen atoms in total. The highest BCUT2D eigenvalue weighted by atomic mass is 35.5. The molecule has 3 rings (SSSR count). The molecule has 0 radical (unpaired) electrons. The van der Waals surface area contributed by atoms with Crippen molar-refractivity contribution in [1.82, 2.24) is 4.90 Å². The second kappa shape index (κ2) is 7.71. The lowest BCUT2D eigenvalue weighted by atomic mass is 9.94. The van der Waals surface area contributed by atoms with Crippen LogP contribution in [0.4, 0.5) is 10.5 Å². The third-order valence-electron chi connectivity index (χ3n) is 4.60. The molecule has 24 heavy (non-hydrogen) atoms. The van der Waals surface area contributed by atoms with Gasteiger partial charge in [-0.2, -0.15) is 0 Å². The number of benzene rings is 2. The van der Waals surface area contributed by atoms with Crippen molar-refractivity contribution in [3.8, 4) is 0 Å². The fourth-order valence-corrected chi connectivity index (χ4v) is 3.30. The maximum Gasteiger partial charge on any atom is 0.321 e. The van der Waals surface area contributed by atoms with Crippen LogP contribution in [0.3, 0.4) is 0 Å². The Morgan fingerprint density at radius 1 is 1.08 bits per heavy atom. The number of amides is 2. The molecule has 0 saturated carbocycles. The van der Waals surface area contributed by atoms with Crippen LogP contribution in [0.15, 0.2) is 48.5 Å². The van der Waals surface area contributed by atoms with E-state index in [1.165, 1.54) is 11.1 Å². The summed E-state index contributed by atoms with van der Waals surface area (Å²) in [5, 5.41) is 3.76. The molecule has 1 aliphatic rings. The van der Waals surface area contributed by atoms with Gasteiger partial charge in [0.05, 0.1) is 0 Å². The van der Waals surface area contributed by atoms with Gasteiger partial charge in [-0.05, 0) is 49.6 Å². The molecule has 4 heteroatoms. The number of nitrogens with one attached hydrogen (secondary N) is 1. The zero-order valence-electron chi connectivity index (χ0n) is 14.0. The number of nitrogens with zero attached hydrogens (tertiary/aromatic N) is 1. The lowest BCUT2D eigenvalue weighted by Crippen LogP contribution is -2.37. The minimum Gasteiger partial charge on any atom is -0.324 e. The molecule has 1 fully saturated rings. The van der Waals surface area contributed by atoms with E-state index in [9.17, 15) is 4.79 Å². The van der Waals surface area contributed by atoms with E-state index in [1.807, 2.05) is 48.2 Å². The third kappa shape index (κ3) is 4.30. The van der Waals surface area contributed by atoms with Crippen LogP contribution in [0.1, 0.15) is 36.3 Å². The van der Waals surface area contributed by atoms with E-state index in [-0.39, 0.29) is 6.03 Å². The molecule has 2 aromatic carbocycles. The van der Waals surface area contributed by atoms with Gasteiger partial charge >= 0.3 is 6.03 Å². The van der Waals surface area contributed by atoms with Crippen molar-refractivity contribution in [2.45, 2.75) is 32.1 Å². The average molecular weight is 343 g/mol. The Bertz CT molecular complexity index is 682. The van der Waals surface area contributed by atoms with Crippen molar-refractivity contribution in [3.63, 3.8) is 0 Å². The first kappa shape index (κ1) is 16.8. The maximum atomic E-state index is 12.6. The summed E-state index contributed by atoms with van der Waals surface area (Å²) in [6.07, 6.45) is 3.29. The zero-order valence-corrected chi connectivity index (χ0v) is 14.7. The smallest absolute Gasteiger partial charge is 0.321 e. The monoisotopic (exact) mass is 342 g/mol. The van der Waals surface area contributed by atoms with Gasteiger partial charge in [-0.3, -0.25) is 0 Å². The summed E-state index contributed by atoms with van der Waals surface area (Å²) in [7, 11) is 0. The molecule has 0 aromatic heterocycles. The van der Waals surface area contributed by atoms with Crippen LogP contribution in [0.25, 0.3) is 0 Å². The maximum absolute atomic E-state index is 12.6. The molecule has 1 heterocycles. The molecule has 0 spiro atoms. The minimum absolute atomic E-state index is 0.0142. The Hall–Kier alpha value is -2.00.